The van der Waals surface area contributed by atoms with Crippen molar-refractivity contribution in [2.24, 2.45) is 0 Å². The second-order valence-electron chi connectivity index (χ2n) is 7.30. The monoisotopic (exact) mass is 369 g/mol. The molecule has 0 aliphatic heterocycles. The smallest absolute Gasteiger partial charge is 0.200 e. The molecule has 24 heavy (non-hydrogen) atoms. The highest BCUT2D eigenvalue weighted by molar-refractivity contribution is 7.92. The molecule has 1 aliphatic rings. The first-order chi connectivity index (χ1) is 11.1. The summed E-state index contributed by atoms with van der Waals surface area (Å²) in [5, 5.41) is -0.637. The molecular formula is C17H20ClNO4S. The Hall–Kier alpha value is -1.40. The van der Waals surface area contributed by atoms with Crippen molar-refractivity contribution >= 4 is 38.3 Å². The van der Waals surface area contributed by atoms with E-state index >= 15 is 0 Å². The Morgan fingerprint density at radius 3 is 2.62 bits per heavy atom. The molecule has 1 atom stereocenters. The van der Waals surface area contributed by atoms with E-state index in [1.165, 1.54) is 6.07 Å². The summed E-state index contributed by atoms with van der Waals surface area (Å²) in [5.74, 6) is 0.432. The van der Waals surface area contributed by atoms with Gasteiger partial charge in [0.25, 0.3) is 0 Å². The number of fused-ring (bicyclic) bond motifs is 1. The highest BCUT2D eigenvalue weighted by atomic mass is 35.5. The maximum atomic E-state index is 13.1. The molecule has 1 saturated carbocycles. The van der Waals surface area contributed by atoms with Crippen LogP contribution in [0.25, 0.3) is 11.1 Å². The summed E-state index contributed by atoms with van der Waals surface area (Å²) in [7, 11) is -3.77. The molecule has 1 heterocycles. The number of oxazole rings is 1. The first kappa shape index (κ1) is 17.4. The molecule has 0 N–H and O–H groups in total. The second-order valence-corrected chi connectivity index (χ2v) is 9.87. The van der Waals surface area contributed by atoms with E-state index in [0.29, 0.717) is 30.7 Å². The maximum absolute atomic E-state index is 13.1. The van der Waals surface area contributed by atoms with Gasteiger partial charge >= 0.3 is 0 Å². The van der Waals surface area contributed by atoms with Crippen molar-refractivity contribution in [1.29, 1.82) is 0 Å². The second kappa shape index (κ2) is 5.85. The highest BCUT2D eigenvalue weighted by Crippen LogP contribution is 2.38. The molecule has 1 aliphatic carbocycles. The SMILES string of the molecule is CC(C)(C)c1nc2ccc(Cl)c(S(=O)(=O)C3CCCC(=O)C3)c2o1. The van der Waals surface area contributed by atoms with E-state index in [9.17, 15) is 13.2 Å². The van der Waals surface area contributed by atoms with E-state index in [1.54, 1.807) is 6.07 Å². The Balaban J connectivity index is 2.19. The number of sulfone groups is 1. The van der Waals surface area contributed by atoms with Crippen LogP contribution in [0, 0.1) is 0 Å². The standard InChI is InChI=1S/C17H20ClNO4S/c1-17(2,3)16-19-13-8-7-12(18)15(14(13)23-16)24(21,22)11-6-4-5-10(20)9-11/h7-8,11H,4-6,9H2,1-3H3. The fourth-order valence-corrected chi connectivity index (χ4v) is 5.38. The first-order valence-electron chi connectivity index (χ1n) is 7.96. The lowest BCUT2D eigenvalue weighted by Gasteiger charge is -2.21. The fourth-order valence-electron chi connectivity index (χ4n) is 2.95. The van der Waals surface area contributed by atoms with Crippen LogP contribution in [0.2, 0.25) is 5.02 Å². The number of carbonyl (C=O) groups is 1. The van der Waals surface area contributed by atoms with E-state index in [1.807, 2.05) is 20.8 Å². The molecule has 1 aromatic heterocycles. The molecule has 1 fully saturated rings. The molecule has 0 amide bonds. The molecule has 1 unspecified atom stereocenters. The predicted octanol–water partition coefficient (Wildman–Crippen LogP) is 4.06. The van der Waals surface area contributed by atoms with Crippen molar-refractivity contribution in [3.63, 3.8) is 0 Å². The Morgan fingerprint density at radius 1 is 1.29 bits per heavy atom. The van der Waals surface area contributed by atoms with Crippen LogP contribution in [0.3, 0.4) is 0 Å². The molecule has 3 rings (SSSR count). The van der Waals surface area contributed by atoms with Gasteiger partial charge in [-0.05, 0) is 25.0 Å². The molecule has 5 nitrogen and oxygen atoms in total. The number of ketones is 1. The lowest BCUT2D eigenvalue weighted by atomic mass is 9.97. The third kappa shape index (κ3) is 2.97. The van der Waals surface area contributed by atoms with E-state index < -0.39 is 15.1 Å². The summed E-state index contributed by atoms with van der Waals surface area (Å²) >= 11 is 6.22. The van der Waals surface area contributed by atoms with Crippen LogP contribution < -0.4 is 0 Å². The first-order valence-corrected chi connectivity index (χ1v) is 9.88. The van der Waals surface area contributed by atoms with Crippen LogP contribution in [0.4, 0.5) is 0 Å². The Labute approximate surface area is 146 Å². The van der Waals surface area contributed by atoms with Gasteiger partial charge in [0, 0.05) is 18.3 Å². The zero-order valence-electron chi connectivity index (χ0n) is 13.9. The fraction of sp³-hybridized carbons (Fsp3) is 0.529. The van der Waals surface area contributed by atoms with Crippen LogP contribution in [-0.2, 0) is 20.0 Å². The summed E-state index contributed by atoms with van der Waals surface area (Å²) in [6.07, 6.45) is 1.52. The maximum Gasteiger partial charge on any atom is 0.200 e. The third-order valence-electron chi connectivity index (χ3n) is 4.27. The minimum Gasteiger partial charge on any atom is -0.439 e. The van der Waals surface area contributed by atoms with Gasteiger partial charge in [-0.15, -0.1) is 0 Å². The zero-order chi connectivity index (χ0) is 17.7. The van der Waals surface area contributed by atoms with E-state index in [4.69, 9.17) is 16.0 Å². The van der Waals surface area contributed by atoms with Gasteiger partial charge in [0.15, 0.2) is 15.4 Å². The van der Waals surface area contributed by atoms with E-state index in [0.717, 1.165) is 0 Å². The lowest BCUT2D eigenvalue weighted by Crippen LogP contribution is -2.28. The number of hydrogen-bond acceptors (Lipinski definition) is 5. The van der Waals surface area contributed by atoms with Gasteiger partial charge < -0.3 is 4.42 Å². The molecule has 0 radical (unpaired) electrons. The van der Waals surface area contributed by atoms with Gasteiger partial charge in [-0.2, -0.15) is 0 Å². The average molecular weight is 370 g/mol. The number of Topliss-reactive ketones (excluding diaryl/α,β-unsaturated/α-hetero) is 1. The minimum absolute atomic E-state index is 0.0222. The number of benzene rings is 1. The summed E-state index contributed by atoms with van der Waals surface area (Å²) in [5.41, 5.74) is 0.295. The molecule has 0 spiro atoms. The normalized spacial score (nSPS) is 19.8. The van der Waals surface area contributed by atoms with Gasteiger partial charge in [-0.1, -0.05) is 32.4 Å². The van der Waals surface area contributed by atoms with Gasteiger partial charge in [0.05, 0.1) is 10.3 Å². The van der Waals surface area contributed by atoms with Crippen LogP contribution in [-0.4, -0.2) is 24.4 Å². The quantitative estimate of drug-likeness (QED) is 0.797. The van der Waals surface area contributed by atoms with Crippen molar-refractivity contribution < 1.29 is 17.6 Å². The molecule has 1 aromatic carbocycles. The summed E-state index contributed by atoms with van der Waals surface area (Å²) < 4.78 is 32.0. The summed E-state index contributed by atoms with van der Waals surface area (Å²) in [6.45, 7) is 5.81. The van der Waals surface area contributed by atoms with Gasteiger partial charge in [-0.3, -0.25) is 4.79 Å². The number of rotatable bonds is 2. The van der Waals surface area contributed by atoms with Crippen LogP contribution in [0.1, 0.15) is 52.3 Å². The van der Waals surface area contributed by atoms with E-state index in [-0.39, 0.29) is 33.1 Å². The molecule has 0 bridgehead atoms. The molecule has 2 aromatic rings. The average Bonchev–Trinajstić information content (AvgIpc) is 2.90. The summed E-state index contributed by atoms with van der Waals surface area (Å²) in [4.78, 5) is 16.1. The predicted molar refractivity (Wildman–Crippen MR) is 92.2 cm³/mol. The van der Waals surface area contributed by atoms with Crippen LogP contribution >= 0.6 is 11.6 Å². The van der Waals surface area contributed by atoms with Crippen molar-refractivity contribution in [3.8, 4) is 0 Å². The van der Waals surface area contributed by atoms with Crippen molar-refractivity contribution in [1.82, 2.24) is 4.98 Å². The van der Waals surface area contributed by atoms with Crippen LogP contribution in [0.5, 0.6) is 0 Å². The Bertz CT molecular complexity index is 909. The van der Waals surface area contributed by atoms with Crippen molar-refractivity contribution in [2.75, 3.05) is 0 Å². The number of halogens is 1. The van der Waals surface area contributed by atoms with Crippen molar-refractivity contribution in [3.05, 3.63) is 23.0 Å². The van der Waals surface area contributed by atoms with Gasteiger partial charge in [0.1, 0.15) is 16.2 Å². The molecule has 130 valence electrons. The van der Waals surface area contributed by atoms with Crippen LogP contribution in [0.15, 0.2) is 21.4 Å². The van der Waals surface area contributed by atoms with E-state index in [2.05, 4.69) is 4.98 Å². The zero-order valence-corrected chi connectivity index (χ0v) is 15.5. The number of nitrogens with zero attached hydrogens (tertiary/aromatic N) is 1. The lowest BCUT2D eigenvalue weighted by molar-refractivity contribution is -0.120. The molecule has 0 saturated heterocycles. The topological polar surface area (TPSA) is 77.2 Å². The number of carbonyl (C=O) groups excluding carboxylic acids is 1. The third-order valence-corrected chi connectivity index (χ3v) is 6.95. The summed E-state index contributed by atoms with van der Waals surface area (Å²) in [6, 6.07) is 3.18. The Morgan fingerprint density at radius 2 is 2.00 bits per heavy atom. The van der Waals surface area contributed by atoms with Gasteiger partial charge in [0.2, 0.25) is 5.89 Å². The number of aromatic nitrogens is 1. The highest BCUT2D eigenvalue weighted by Gasteiger charge is 2.36. The Kier molecular flexibility index (Phi) is 4.24. The largest absolute Gasteiger partial charge is 0.439 e. The molecular weight excluding hydrogens is 350 g/mol. The van der Waals surface area contributed by atoms with Crippen molar-refractivity contribution in [2.45, 2.75) is 62.0 Å². The minimum atomic E-state index is -3.77. The molecule has 7 heteroatoms. The number of hydrogen-bond donors (Lipinski definition) is 0. The van der Waals surface area contributed by atoms with Gasteiger partial charge in [-0.25, -0.2) is 13.4 Å².